The molecule has 0 radical (unpaired) electrons. The molecule has 0 spiro atoms. The SMILES string of the molecule is CC(C)(C=N)OC(=O)OC(=O)OCc1cc(O)ccc1Cl. The number of rotatable bonds is 4. The van der Waals surface area contributed by atoms with E-state index in [1.165, 1.54) is 32.0 Å². The highest BCUT2D eigenvalue weighted by molar-refractivity contribution is 6.31. The molecule has 0 bridgehead atoms. The van der Waals surface area contributed by atoms with Crippen LogP contribution in [0.4, 0.5) is 9.59 Å². The molecule has 0 aliphatic carbocycles. The number of halogens is 1. The summed E-state index contributed by atoms with van der Waals surface area (Å²) < 4.78 is 13.6. The second-order valence-electron chi connectivity index (χ2n) is 4.52. The predicted octanol–water partition coefficient (Wildman–Crippen LogP) is 3.26. The van der Waals surface area contributed by atoms with Gasteiger partial charge in [0, 0.05) is 16.8 Å². The van der Waals surface area contributed by atoms with Crippen LogP contribution in [0.3, 0.4) is 0 Å². The first-order valence-corrected chi connectivity index (χ1v) is 6.18. The van der Waals surface area contributed by atoms with Gasteiger partial charge >= 0.3 is 12.3 Å². The lowest BCUT2D eigenvalue weighted by atomic mass is 10.2. The molecule has 1 aromatic carbocycles. The third-order valence-corrected chi connectivity index (χ3v) is 2.60. The van der Waals surface area contributed by atoms with Gasteiger partial charge in [0.1, 0.15) is 18.0 Å². The summed E-state index contributed by atoms with van der Waals surface area (Å²) in [6.45, 7) is 2.60. The van der Waals surface area contributed by atoms with Gasteiger partial charge in [-0.3, -0.25) is 0 Å². The lowest BCUT2D eigenvalue weighted by Crippen LogP contribution is -2.30. The zero-order valence-electron chi connectivity index (χ0n) is 11.4. The minimum absolute atomic E-state index is 0.0430. The monoisotopic (exact) mass is 315 g/mol. The molecule has 21 heavy (non-hydrogen) atoms. The summed E-state index contributed by atoms with van der Waals surface area (Å²) >= 11 is 5.83. The van der Waals surface area contributed by atoms with Crippen molar-refractivity contribution in [2.45, 2.75) is 26.1 Å². The van der Waals surface area contributed by atoms with Crippen molar-refractivity contribution in [3.05, 3.63) is 28.8 Å². The number of nitrogens with one attached hydrogen (secondary N) is 1. The number of carbonyl (C=O) groups excluding carboxylic acids is 2. The first kappa shape index (κ1) is 16.8. The average Bonchev–Trinajstić information content (AvgIpc) is 2.39. The average molecular weight is 316 g/mol. The van der Waals surface area contributed by atoms with Crippen LogP contribution in [0.2, 0.25) is 5.02 Å². The number of hydrogen-bond acceptors (Lipinski definition) is 7. The largest absolute Gasteiger partial charge is 0.519 e. The molecule has 1 rings (SSSR count). The molecule has 8 heteroatoms. The Labute approximate surface area is 125 Å². The highest BCUT2D eigenvalue weighted by Crippen LogP contribution is 2.22. The molecule has 0 saturated carbocycles. The van der Waals surface area contributed by atoms with Gasteiger partial charge in [-0.05, 0) is 32.0 Å². The Morgan fingerprint density at radius 2 is 2.05 bits per heavy atom. The Hall–Kier alpha value is -2.28. The van der Waals surface area contributed by atoms with E-state index in [-0.39, 0.29) is 17.4 Å². The van der Waals surface area contributed by atoms with E-state index in [0.717, 1.165) is 6.21 Å². The third-order valence-electron chi connectivity index (χ3n) is 2.24. The maximum absolute atomic E-state index is 11.3. The Bertz CT molecular complexity index is 558. The topological polar surface area (TPSA) is 106 Å². The fourth-order valence-corrected chi connectivity index (χ4v) is 1.34. The fourth-order valence-electron chi connectivity index (χ4n) is 1.17. The van der Waals surface area contributed by atoms with Crippen molar-refractivity contribution >= 4 is 30.1 Å². The zero-order chi connectivity index (χ0) is 16.0. The fraction of sp³-hybridized carbons (Fsp3) is 0.308. The summed E-state index contributed by atoms with van der Waals surface area (Å²) in [5.41, 5.74) is -0.840. The normalized spacial score (nSPS) is 10.6. The highest BCUT2D eigenvalue weighted by Gasteiger charge is 2.23. The molecule has 2 N–H and O–H groups in total. The van der Waals surface area contributed by atoms with Crippen LogP contribution < -0.4 is 0 Å². The molecule has 0 unspecified atom stereocenters. The van der Waals surface area contributed by atoms with Gasteiger partial charge in [-0.1, -0.05) is 11.6 Å². The number of phenolic OH excluding ortho intramolecular Hbond substituents is 1. The summed E-state index contributed by atoms with van der Waals surface area (Å²) in [7, 11) is 0. The molecule has 0 aromatic heterocycles. The predicted molar refractivity (Wildman–Crippen MR) is 73.7 cm³/mol. The Kier molecular flexibility index (Phi) is 5.54. The number of phenols is 1. The minimum atomic E-state index is -1.28. The molecule has 0 aliphatic heterocycles. The van der Waals surface area contributed by atoms with Crippen molar-refractivity contribution in [3.8, 4) is 5.75 Å². The lowest BCUT2D eigenvalue weighted by molar-refractivity contribution is 0.00829. The van der Waals surface area contributed by atoms with Crippen LogP contribution in [0.25, 0.3) is 0 Å². The maximum atomic E-state index is 11.3. The van der Waals surface area contributed by atoms with Gasteiger partial charge < -0.3 is 24.7 Å². The summed E-state index contributed by atoms with van der Waals surface area (Å²) in [6.07, 6.45) is -1.68. The van der Waals surface area contributed by atoms with Gasteiger partial charge in [0.2, 0.25) is 0 Å². The third kappa shape index (κ3) is 5.70. The Morgan fingerprint density at radius 1 is 1.38 bits per heavy atom. The second kappa shape index (κ2) is 6.94. The van der Waals surface area contributed by atoms with Crippen molar-refractivity contribution in [1.82, 2.24) is 0 Å². The van der Waals surface area contributed by atoms with E-state index in [9.17, 15) is 14.7 Å². The molecule has 1 aromatic rings. The van der Waals surface area contributed by atoms with E-state index in [1.807, 2.05) is 0 Å². The number of benzene rings is 1. The van der Waals surface area contributed by atoms with Crippen LogP contribution in [0.15, 0.2) is 18.2 Å². The van der Waals surface area contributed by atoms with Crippen LogP contribution in [-0.4, -0.2) is 29.2 Å². The number of hydrogen-bond donors (Lipinski definition) is 2. The van der Waals surface area contributed by atoms with E-state index in [1.54, 1.807) is 0 Å². The molecular weight excluding hydrogens is 302 g/mol. The van der Waals surface area contributed by atoms with E-state index in [4.69, 9.17) is 17.0 Å². The molecule has 0 fully saturated rings. The van der Waals surface area contributed by atoms with Crippen LogP contribution in [0.1, 0.15) is 19.4 Å². The molecule has 0 heterocycles. The van der Waals surface area contributed by atoms with Crippen LogP contribution in [-0.2, 0) is 20.8 Å². The van der Waals surface area contributed by atoms with E-state index < -0.39 is 17.9 Å². The maximum Gasteiger partial charge on any atom is 0.519 e. The van der Waals surface area contributed by atoms with Gasteiger partial charge in [-0.25, -0.2) is 9.59 Å². The van der Waals surface area contributed by atoms with Gasteiger partial charge in [-0.15, -0.1) is 0 Å². The summed E-state index contributed by atoms with van der Waals surface area (Å²) in [5.74, 6) is -0.0430. The molecule has 0 saturated heterocycles. The first-order valence-electron chi connectivity index (χ1n) is 5.80. The summed E-state index contributed by atoms with van der Waals surface area (Å²) in [5, 5.41) is 16.6. The van der Waals surface area contributed by atoms with Crippen molar-refractivity contribution in [1.29, 1.82) is 5.41 Å². The standard InChI is InChI=1S/C13H14ClNO6/c1-13(2,7-15)21-12(18)20-11(17)19-6-8-5-9(16)3-4-10(8)14/h3-5,7,15-16H,6H2,1-2H3. The van der Waals surface area contributed by atoms with Gasteiger partial charge in [0.25, 0.3) is 0 Å². The van der Waals surface area contributed by atoms with Crippen LogP contribution >= 0.6 is 11.6 Å². The molecule has 0 amide bonds. The molecular formula is C13H14ClNO6. The van der Waals surface area contributed by atoms with Gasteiger partial charge in [-0.2, -0.15) is 0 Å². The zero-order valence-corrected chi connectivity index (χ0v) is 12.1. The highest BCUT2D eigenvalue weighted by atomic mass is 35.5. The van der Waals surface area contributed by atoms with Gasteiger partial charge in [0.15, 0.2) is 0 Å². The number of carbonyl (C=O) groups is 2. The Morgan fingerprint density at radius 3 is 2.67 bits per heavy atom. The second-order valence-corrected chi connectivity index (χ2v) is 4.92. The molecule has 7 nitrogen and oxygen atoms in total. The van der Waals surface area contributed by atoms with Crippen molar-refractivity contribution in [2.24, 2.45) is 0 Å². The van der Waals surface area contributed by atoms with Crippen molar-refractivity contribution < 1.29 is 28.9 Å². The molecule has 114 valence electrons. The van der Waals surface area contributed by atoms with E-state index in [2.05, 4.69) is 14.2 Å². The quantitative estimate of drug-likeness (QED) is 0.502. The van der Waals surface area contributed by atoms with Crippen LogP contribution in [0, 0.1) is 5.41 Å². The van der Waals surface area contributed by atoms with E-state index in [0.29, 0.717) is 5.56 Å². The smallest absolute Gasteiger partial charge is 0.508 e. The van der Waals surface area contributed by atoms with E-state index >= 15 is 0 Å². The minimum Gasteiger partial charge on any atom is -0.508 e. The first-order chi connectivity index (χ1) is 9.73. The number of ether oxygens (including phenoxy) is 3. The van der Waals surface area contributed by atoms with Crippen molar-refractivity contribution in [3.63, 3.8) is 0 Å². The molecule has 0 atom stereocenters. The molecule has 0 aliphatic rings. The summed E-state index contributed by atoms with van der Waals surface area (Å²) in [6, 6.07) is 4.12. The Balaban J connectivity index is 2.49. The lowest BCUT2D eigenvalue weighted by Gasteiger charge is -2.18. The number of aromatic hydroxyl groups is 1. The summed E-state index contributed by atoms with van der Waals surface area (Å²) in [4.78, 5) is 22.5. The van der Waals surface area contributed by atoms with Gasteiger partial charge in [0.05, 0.1) is 0 Å². The van der Waals surface area contributed by atoms with Crippen LogP contribution in [0.5, 0.6) is 5.75 Å². The van der Waals surface area contributed by atoms with Crippen molar-refractivity contribution in [2.75, 3.05) is 0 Å².